The summed E-state index contributed by atoms with van der Waals surface area (Å²) in [5, 5.41) is 9.34. The van der Waals surface area contributed by atoms with Gasteiger partial charge in [-0.15, -0.1) is 0 Å². The molecule has 1 aromatic rings. The third-order valence-corrected chi connectivity index (χ3v) is 5.26. The van der Waals surface area contributed by atoms with Crippen molar-refractivity contribution in [2.45, 2.75) is 11.3 Å². The van der Waals surface area contributed by atoms with Crippen LogP contribution in [0.15, 0.2) is 29.2 Å². The zero-order valence-corrected chi connectivity index (χ0v) is 11.9. The summed E-state index contributed by atoms with van der Waals surface area (Å²) in [6.07, 6.45) is -0.0935. The number of aliphatic carboxylic acids is 1. The Kier molecular flexibility index (Phi) is 4.12. The normalized spacial score (nSPS) is 20.9. The van der Waals surface area contributed by atoms with E-state index in [1.165, 1.54) is 24.3 Å². The summed E-state index contributed by atoms with van der Waals surface area (Å²) in [6.45, 7) is -0.341. The Hall–Kier alpha value is -1.44. The van der Waals surface area contributed by atoms with Gasteiger partial charge in [-0.1, -0.05) is 11.6 Å². The van der Waals surface area contributed by atoms with Crippen LogP contribution in [0.25, 0.3) is 0 Å². The Morgan fingerprint density at radius 1 is 1.30 bits per heavy atom. The molecule has 6 nitrogen and oxygen atoms in total. The van der Waals surface area contributed by atoms with Crippen molar-refractivity contribution in [2.24, 2.45) is 5.92 Å². The molecule has 1 aromatic carbocycles. The van der Waals surface area contributed by atoms with Crippen molar-refractivity contribution in [2.75, 3.05) is 13.1 Å². The molecule has 1 aliphatic rings. The zero-order valence-electron chi connectivity index (χ0n) is 10.3. The average Bonchev–Trinajstić information content (AvgIpc) is 2.39. The minimum absolute atomic E-state index is 0.00638. The molecule has 20 heavy (non-hydrogen) atoms. The molecular weight excluding hydrogens is 306 g/mol. The topological polar surface area (TPSA) is 91.8 Å². The van der Waals surface area contributed by atoms with E-state index in [2.05, 4.69) is 0 Å². The molecule has 1 fully saturated rings. The number of rotatable bonds is 3. The maximum atomic E-state index is 12.4. The van der Waals surface area contributed by atoms with Gasteiger partial charge in [0, 0.05) is 24.5 Å². The quantitative estimate of drug-likeness (QED) is 0.840. The molecule has 0 aromatic heterocycles. The van der Waals surface area contributed by atoms with Gasteiger partial charge in [-0.25, -0.2) is 8.42 Å². The van der Waals surface area contributed by atoms with Gasteiger partial charge in [0.15, 0.2) is 0 Å². The van der Waals surface area contributed by atoms with E-state index >= 15 is 0 Å². The van der Waals surface area contributed by atoms with E-state index in [9.17, 15) is 18.0 Å². The summed E-state index contributed by atoms with van der Waals surface area (Å²) in [5.74, 6) is -3.04. The van der Waals surface area contributed by atoms with E-state index in [0.29, 0.717) is 5.02 Å². The van der Waals surface area contributed by atoms with E-state index in [1.54, 1.807) is 0 Å². The lowest BCUT2D eigenvalue weighted by Crippen LogP contribution is -2.46. The summed E-state index contributed by atoms with van der Waals surface area (Å²) in [4.78, 5) is 22.5. The lowest BCUT2D eigenvalue weighted by Gasteiger charge is -2.28. The van der Waals surface area contributed by atoms with Crippen LogP contribution in [0.5, 0.6) is 0 Å². The second-order valence-corrected chi connectivity index (χ2v) is 6.80. The molecule has 0 spiro atoms. The molecule has 108 valence electrons. The summed E-state index contributed by atoms with van der Waals surface area (Å²) >= 11 is 5.70. The first kappa shape index (κ1) is 15.0. The molecule has 1 aliphatic heterocycles. The molecule has 1 unspecified atom stereocenters. The molecule has 0 radical (unpaired) electrons. The van der Waals surface area contributed by atoms with E-state index in [4.69, 9.17) is 16.7 Å². The number of hydrogen-bond acceptors (Lipinski definition) is 4. The largest absolute Gasteiger partial charge is 0.481 e. The minimum Gasteiger partial charge on any atom is -0.481 e. The standard InChI is InChI=1S/C12H12ClNO5S/c13-8-1-3-9(4-2-8)20(18,19)14-6-5-11(15)10(7-14)12(16)17/h1-4,10H,5-7H2,(H,16,17). The second-order valence-electron chi connectivity index (χ2n) is 4.42. The smallest absolute Gasteiger partial charge is 0.315 e. The van der Waals surface area contributed by atoms with Gasteiger partial charge in [0.2, 0.25) is 10.0 Å². The van der Waals surface area contributed by atoms with Crippen molar-refractivity contribution >= 4 is 33.4 Å². The van der Waals surface area contributed by atoms with Crippen LogP contribution in [0.2, 0.25) is 5.02 Å². The van der Waals surface area contributed by atoms with Crippen LogP contribution in [0.3, 0.4) is 0 Å². The summed E-state index contributed by atoms with van der Waals surface area (Å²) in [5.41, 5.74) is 0. The minimum atomic E-state index is -3.81. The fourth-order valence-electron chi connectivity index (χ4n) is 2.00. The third kappa shape index (κ3) is 2.84. The highest BCUT2D eigenvalue weighted by atomic mass is 35.5. The van der Waals surface area contributed by atoms with Crippen molar-refractivity contribution < 1.29 is 23.1 Å². The Bertz CT molecular complexity index is 640. The van der Waals surface area contributed by atoms with Crippen molar-refractivity contribution in [1.82, 2.24) is 4.31 Å². The lowest BCUT2D eigenvalue weighted by atomic mass is 9.98. The number of Topliss-reactive ketones (excluding diaryl/α,β-unsaturated/α-hetero) is 1. The molecular formula is C12H12ClNO5S. The lowest BCUT2D eigenvalue weighted by molar-refractivity contribution is -0.147. The highest BCUT2D eigenvalue weighted by Crippen LogP contribution is 2.23. The monoisotopic (exact) mass is 317 g/mol. The first-order chi connectivity index (χ1) is 9.32. The van der Waals surface area contributed by atoms with Gasteiger partial charge in [-0.05, 0) is 24.3 Å². The molecule has 8 heteroatoms. The predicted octanol–water partition coefficient (Wildman–Crippen LogP) is 1.00. The fraction of sp³-hybridized carbons (Fsp3) is 0.333. The summed E-state index contributed by atoms with van der Waals surface area (Å²) in [6, 6.07) is 5.59. The highest BCUT2D eigenvalue weighted by Gasteiger charge is 2.38. The number of carbonyl (C=O) groups excluding carboxylic acids is 1. The van der Waals surface area contributed by atoms with Crippen LogP contribution in [-0.4, -0.2) is 42.7 Å². The van der Waals surface area contributed by atoms with Crippen LogP contribution < -0.4 is 0 Å². The molecule has 1 N–H and O–H groups in total. The number of halogens is 1. The van der Waals surface area contributed by atoms with Crippen LogP contribution >= 0.6 is 11.6 Å². The van der Waals surface area contributed by atoms with Crippen LogP contribution in [0, 0.1) is 5.92 Å². The van der Waals surface area contributed by atoms with E-state index < -0.39 is 27.7 Å². The molecule has 1 saturated heterocycles. The first-order valence-corrected chi connectivity index (χ1v) is 7.65. The number of sulfonamides is 1. The molecule has 0 amide bonds. The van der Waals surface area contributed by atoms with Crippen molar-refractivity contribution in [3.63, 3.8) is 0 Å². The number of hydrogen-bond donors (Lipinski definition) is 1. The van der Waals surface area contributed by atoms with Gasteiger partial charge < -0.3 is 5.11 Å². The van der Waals surface area contributed by atoms with Gasteiger partial charge in [0.05, 0.1) is 4.90 Å². The van der Waals surface area contributed by atoms with E-state index in [0.717, 1.165) is 4.31 Å². The Morgan fingerprint density at radius 3 is 2.45 bits per heavy atom. The predicted molar refractivity (Wildman–Crippen MR) is 71.0 cm³/mol. The number of carbonyl (C=O) groups is 2. The number of benzene rings is 1. The molecule has 0 bridgehead atoms. The number of piperidine rings is 1. The Balaban J connectivity index is 2.28. The SMILES string of the molecule is O=C(O)C1CN(S(=O)(=O)c2ccc(Cl)cc2)CCC1=O. The summed E-state index contributed by atoms with van der Waals surface area (Å²) in [7, 11) is -3.81. The average molecular weight is 318 g/mol. The Labute approximate surface area is 121 Å². The van der Waals surface area contributed by atoms with Gasteiger partial charge in [0.25, 0.3) is 0 Å². The molecule has 2 rings (SSSR count). The van der Waals surface area contributed by atoms with Crippen molar-refractivity contribution in [3.05, 3.63) is 29.3 Å². The molecule has 1 heterocycles. The van der Waals surface area contributed by atoms with Crippen LogP contribution in [0.4, 0.5) is 0 Å². The summed E-state index contributed by atoms with van der Waals surface area (Å²) < 4.78 is 25.7. The zero-order chi connectivity index (χ0) is 14.9. The van der Waals surface area contributed by atoms with Gasteiger partial charge in [0.1, 0.15) is 11.7 Å². The number of carboxylic acid groups (broad SMARTS) is 1. The molecule has 1 atom stereocenters. The fourth-order valence-corrected chi connectivity index (χ4v) is 3.58. The van der Waals surface area contributed by atoms with Crippen molar-refractivity contribution in [3.8, 4) is 0 Å². The van der Waals surface area contributed by atoms with Crippen LogP contribution in [0.1, 0.15) is 6.42 Å². The van der Waals surface area contributed by atoms with Gasteiger partial charge >= 0.3 is 5.97 Å². The number of carboxylic acids is 1. The first-order valence-electron chi connectivity index (χ1n) is 5.83. The number of ketones is 1. The second kappa shape index (κ2) is 5.51. The molecule has 0 saturated carbocycles. The van der Waals surface area contributed by atoms with Gasteiger partial charge in [-0.2, -0.15) is 4.31 Å². The third-order valence-electron chi connectivity index (χ3n) is 3.13. The highest BCUT2D eigenvalue weighted by molar-refractivity contribution is 7.89. The molecule has 0 aliphatic carbocycles. The maximum absolute atomic E-state index is 12.4. The number of nitrogens with zero attached hydrogens (tertiary/aromatic N) is 1. The Morgan fingerprint density at radius 2 is 1.90 bits per heavy atom. The van der Waals surface area contributed by atoms with Crippen molar-refractivity contribution in [1.29, 1.82) is 0 Å². The van der Waals surface area contributed by atoms with Crippen LogP contribution in [-0.2, 0) is 19.6 Å². The maximum Gasteiger partial charge on any atom is 0.315 e. The van der Waals surface area contributed by atoms with Gasteiger partial charge in [-0.3, -0.25) is 9.59 Å². The van der Waals surface area contributed by atoms with E-state index in [-0.39, 0.29) is 24.4 Å². The van der Waals surface area contributed by atoms with E-state index in [1.807, 2.05) is 0 Å².